The molecule has 2 rings (SSSR count). The molecule has 22 heavy (non-hydrogen) atoms. The summed E-state index contributed by atoms with van der Waals surface area (Å²) in [6.45, 7) is 2.25. The minimum atomic E-state index is -0.354. The number of nitrogens with zero attached hydrogens (tertiary/aromatic N) is 2. The Morgan fingerprint density at radius 1 is 1.55 bits per heavy atom. The van der Waals surface area contributed by atoms with E-state index in [-0.39, 0.29) is 11.7 Å². The standard InChI is InChI=1S/C15H14BrN3O3/c1-2-22-13-7-10(6-12(16)14(13)20)8-18-19-15(21)11-4-3-5-17-9-11/h3-9,20H,2H2,1H3,(H,19,21)/b18-8-. The van der Waals surface area contributed by atoms with Gasteiger partial charge in [-0.25, -0.2) is 5.43 Å². The van der Waals surface area contributed by atoms with Crippen molar-refractivity contribution < 1.29 is 14.6 Å². The van der Waals surface area contributed by atoms with Crippen LogP contribution in [0.3, 0.4) is 0 Å². The predicted molar refractivity (Wildman–Crippen MR) is 86.3 cm³/mol. The lowest BCUT2D eigenvalue weighted by Crippen LogP contribution is -2.17. The maximum atomic E-state index is 11.8. The maximum absolute atomic E-state index is 11.8. The number of aromatic hydroxyl groups is 1. The van der Waals surface area contributed by atoms with E-state index in [1.807, 2.05) is 6.92 Å². The SMILES string of the molecule is CCOc1cc(/C=N\NC(=O)c2cccnc2)cc(Br)c1O. The number of nitrogens with one attached hydrogen (secondary N) is 1. The van der Waals surface area contributed by atoms with Crippen LogP contribution in [-0.4, -0.2) is 28.8 Å². The molecule has 0 bridgehead atoms. The number of rotatable bonds is 5. The second kappa shape index (κ2) is 7.56. The fourth-order valence-electron chi connectivity index (χ4n) is 1.66. The summed E-state index contributed by atoms with van der Waals surface area (Å²) in [5.74, 6) is 0.0162. The number of halogens is 1. The van der Waals surface area contributed by atoms with Gasteiger partial charge < -0.3 is 9.84 Å². The highest BCUT2D eigenvalue weighted by molar-refractivity contribution is 9.10. The van der Waals surface area contributed by atoms with Gasteiger partial charge in [-0.1, -0.05) is 0 Å². The number of ether oxygens (including phenoxy) is 1. The quantitative estimate of drug-likeness (QED) is 0.631. The Bertz CT molecular complexity index is 690. The second-order valence-corrected chi connectivity index (χ2v) is 5.08. The fraction of sp³-hybridized carbons (Fsp3) is 0.133. The number of benzene rings is 1. The number of hydrogen-bond donors (Lipinski definition) is 2. The third-order valence-corrected chi connectivity index (χ3v) is 3.26. The van der Waals surface area contributed by atoms with Crippen LogP contribution in [0.5, 0.6) is 11.5 Å². The summed E-state index contributed by atoms with van der Waals surface area (Å²) in [6.07, 6.45) is 4.50. The van der Waals surface area contributed by atoms with E-state index in [0.29, 0.717) is 28.0 Å². The molecule has 1 amide bonds. The molecule has 0 radical (unpaired) electrons. The Kier molecular flexibility index (Phi) is 5.48. The smallest absolute Gasteiger partial charge is 0.272 e. The van der Waals surface area contributed by atoms with Gasteiger partial charge in [0.2, 0.25) is 0 Å². The fourth-order valence-corrected chi connectivity index (χ4v) is 2.12. The van der Waals surface area contributed by atoms with Crippen molar-refractivity contribution in [3.8, 4) is 11.5 Å². The molecule has 0 unspecified atom stereocenters. The van der Waals surface area contributed by atoms with Gasteiger partial charge >= 0.3 is 0 Å². The van der Waals surface area contributed by atoms with Crippen LogP contribution in [0.1, 0.15) is 22.8 Å². The number of hydrogen-bond acceptors (Lipinski definition) is 5. The minimum Gasteiger partial charge on any atom is -0.503 e. The molecule has 0 saturated carbocycles. The normalized spacial score (nSPS) is 10.6. The first-order chi connectivity index (χ1) is 10.6. The molecule has 0 aliphatic carbocycles. The van der Waals surface area contributed by atoms with Crippen LogP contribution in [0.15, 0.2) is 46.2 Å². The van der Waals surface area contributed by atoms with E-state index in [4.69, 9.17) is 4.74 Å². The first kappa shape index (κ1) is 16.0. The van der Waals surface area contributed by atoms with Crippen molar-refractivity contribution in [1.82, 2.24) is 10.4 Å². The number of phenols is 1. The van der Waals surface area contributed by atoms with Gasteiger partial charge in [-0.15, -0.1) is 0 Å². The molecule has 1 aromatic carbocycles. The van der Waals surface area contributed by atoms with Crippen LogP contribution in [0.25, 0.3) is 0 Å². The Hall–Kier alpha value is -2.41. The van der Waals surface area contributed by atoms with Gasteiger partial charge in [0, 0.05) is 12.4 Å². The van der Waals surface area contributed by atoms with E-state index in [1.165, 1.54) is 12.4 Å². The van der Waals surface area contributed by atoms with E-state index in [2.05, 4.69) is 31.4 Å². The molecule has 0 aliphatic rings. The topological polar surface area (TPSA) is 83.8 Å². The zero-order chi connectivity index (χ0) is 15.9. The number of amides is 1. The summed E-state index contributed by atoms with van der Waals surface area (Å²) in [5.41, 5.74) is 3.49. The van der Waals surface area contributed by atoms with E-state index in [0.717, 1.165) is 0 Å². The molecule has 7 heteroatoms. The molecule has 0 atom stereocenters. The van der Waals surface area contributed by atoms with E-state index < -0.39 is 0 Å². The molecule has 1 aromatic heterocycles. The second-order valence-electron chi connectivity index (χ2n) is 4.22. The Balaban J connectivity index is 2.09. The summed E-state index contributed by atoms with van der Waals surface area (Å²) in [7, 11) is 0. The maximum Gasteiger partial charge on any atom is 0.272 e. The number of phenolic OH excluding ortho intramolecular Hbond substituents is 1. The third-order valence-electron chi connectivity index (χ3n) is 2.65. The Morgan fingerprint density at radius 3 is 3.05 bits per heavy atom. The Morgan fingerprint density at radius 2 is 2.36 bits per heavy atom. The van der Waals surface area contributed by atoms with Gasteiger partial charge in [0.15, 0.2) is 11.5 Å². The lowest BCUT2D eigenvalue weighted by molar-refractivity contribution is 0.0955. The van der Waals surface area contributed by atoms with Crippen molar-refractivity contribution in [3.63, 3.8) is 0 Å². The monoisotopic (exact) mass is 363 g/mol. The lowest BCUT2D eigenvalue weighted by atomic mass is 10.2. The first-order valence-electron chi connectivity index (χ1n) is 6.50. The summed E-state index contributed by atoms with van der Waals surface area (Å²) >= 11 is 3.24. The molecule has 6 nitrogen and oxygen atoms in total. The van der Waals surface area contributed by atoms with Crippen LogP contribution >= 0.6 is 15.9 Å². The summed E-state index contributed by atoms with van der Waals surface area (Å²) < 4.78 is 5.80. The van der Waals surface area contributed by atoms with Gasteiger partial charge in [-0.05, 0) is 52.7 Å². The number of pyridine rings is 1. The first-order valence-corrected chi connectivity index (χ1v) is 7.30. The van der Waals surface area contributed by atoms with Gasteiger partial charge in [-0.2, -0.15) is 5.10 Å². The van der Waals surface area contributed by atoms with Crippen LogP contribution in [-0.2, 0) is 0 Å². The molecule has 1 heterocycles. The largest absolute Gasteiger partial charge is 0.503 e. The zero-order valence-corrected chi connectivity index (χ0v) is 13.4. The number of aromatic nitrogens is 1. The van der Waals surface area contributed by atoms with E-state index in [9.17, 15) is 9.90 Å². The van der Waals surface area contributed by atoms with Crippen molar-refractivity contribution in [2.75, 3.05) is 6.61 Å². The molecule has 2 N–H and O–H groups in total. The van der Waals surface area contributed by atoms with Crippen LogP contribution in [0, 0.1) is 0 Å². The molecule has 0 spiro atoms. The zero-order valence-electron chi connectivity index (χ0n) is 11.8. The van der Waals surface area contributed by atoms with Crippen molar-refractivity contribution >= 4 is 28.1 Å². The van der Waals surface area contributed by atoms with E-state index in [1.54, 1.807) is 30.5 Å². The predicted octanol–water partition coefficient (Wildman–Crippen LogP) is 2.71. The van der Waals surface area contributed by atoms with Gasteiger partial charge in [0.1, 0.15) is 0 Å². The minimum absolute atomic E-state index is 0.0263. The highest BCUT2D eigenvalue weighted by atomic mass is 79.9. The van der Waals surface area contributed by atoms with Crippen LogP contribution in [0.2, 0.25) is 0 Å². The molecule has 0 aliphatic heterocycles. The molecular weight excluding hydrogens is 350 g/mol. The highest BCUT2D eigenvalue weighted by Gasteiger charge is 2.08. The summed E-state index contributed by atoms with van der Waals surface area (Å²) in [6, 6.07) is 6.60. The molecular formula is C15H14BrN3O3. The number of hydrazone groups is 1. The summed E-state index contributed by atoms with van der Waals surface area (Å²) in [4.78, 5) is 15.6. The molecule has 114 valence electrons. The highest BCUT2D eigenvalue weighted by Crippen LogP contribution is 2.34. The van der Waals surface area contributed by atoms with Crippen molar-refractivity contribution in [2.24, 2.45) is 5.10 Å². The average molecular weight is 364 g/mol. The van der Waals surface area contributed by atoms with Crippen molar-refractivity contribution in [3.05, 3.63) is 52.3 Å². The molecule has 0 fully saturated rings. The van der Waals surface area contributed by atoms with Crippen molar-refractivity contribution in [1.29, 1.82) is 0 Å². The van der Waals surface area contributed by atoms with Gasteiger partial charge in [0.05, 0.1) is 22.9 Å². The average Bonchev–Trinajstić information content (AvgIpc) is 2.53. The number of carbonyl (C=O) groups excluding carboxylic acids is 1. The van der Waals surface area contributed by atoms with Gasteiger partial charge in [-0.3, -0.25) is 9.78 Å². The van der Waals surface area contributed by atoms with Crippen molar-refractivity contribution in [2.45, 2.75) is 6.92 Å². The molecule has 0 saturated heterocycles. The lowest BCUT2D eigenvalue weighted by Gasteiger charge is -2.08. The molecule has 2 aromatic rings. The van der Waals surface area contributed by atoms with Gasteiger partial charge in [0.25, 0.3) is 5.91 Å². The van der Waals surface area contributed by atoms with Crippen LogP contribution < -0.4 is 10.2 Å². The van der Waals surface area contributed by atoms with E-state index >= 15 is 0 Å². The van der Waals surface area contributed by atoms with Crippen LogP contribution in [0.4, 0.5) is 0 Å². The Labute approximate surface area is 136 Å². The number of carbonyl (C=O) groups is 1. The third kappa shape index (κ3) is 4.05. The summed E-state index contributed by atoms with van der Waals surface area (Å²) in [5, 5.41) is 13.7.